The normalized spacial score (nSPS) is 14.2. The van der Waals surface area contributed by atoms with Crippen LogP contribution in [-0.4, -0.2) is 30.6 Å². The van der Waals surface area contributed by atoms with E-state index in [1.54, 1.807) is 24.3 Å². The van der Waals surface area contributed by atoms with E-state index >= 15 is 0 Å². The van der Waals surface area contributed by atoms with Gasteiger partial charge < -0.3 is 19.3 Å². The Bertz CT molecular complexity index is 881. The van der Waals surface area contributed by atoms with Crippen LogP contribution in [0.5, 0.6) is 17.2 Å². The molecule has 1 aliphatic heterocycles. The van der Waals surface area contributed by atoms with Gasteiger partial charge in [-0.1, -0.05) is 6.07 Å². The third kappa shape index (κ3) is 3.19. The summed E-state index contributed by atoms with van der Waals surface area (Å²) in [7, 11) is 1.28. The molecule has 0 aromatic heterocycles. The average Bonchev–Trinajstić information content (AvgIpc) is 2.92. The van der Waals surface area contributed by atoms with Crippen LogP contribution < -0.4 is 9.47 Å². The summed E-state index contributed by atoms with van der Waals surface area (Å²) in [5.41, 5.74) is 1.23. The first-order valence-corrected chi connectivity index (χ1v) is 7.66. The van der Waals surface area contributed by atoms with E-state index in [0.29, 0.717) is 29.2 Å². The van der Waals surface area contributed by atoms with Gasteiger partial charge in [0.25, 0.3) is 0 Å². The van der Waals surface area contributed by atoms with Crippen molar-refractivity contribution in [2.75, 3.05) is 13.7 Å². The Kier molecular flexibility index (Phi) is 4.43. The minimum atomic E-state index is -0.520. The number of benzene rings is 2. The first kappa shape index (κ1) is 16.6. The predicted octanol–water partition coefficient (Wildman–Crippen LogP) is 3.19. The molecule has 2 aromatic rings. The van der Waals surface area contributed by atoms with Crippen molar-refractivity contribution in [1.29, 1.82) is 0 Å². The number of hydrogen-bond acceptors (Lipinski definition) is 6. The number of ether oxygens (including phenoxy) is 3. The van der Waals surface area contributed by atoms with Crippen LogP contribution in [-0.2, 0) is 4.74 Å². The molecule has 0 aliphatic carbocycles. The minimum Gasteiger partial charge on any atom is -0.504 e. The van der Waals surface area contributed by atoms with E-state index in [2.05, 4.69) is 4.74 Å². The van der Waals surface area contributed by atoms with E-state index in [1.165, 1.54) is 25.3 Å². The molecule has 0 amide bonds. The average molecular weight is 340 g/mol. The molecule has 3 rings (SSSR count). The fourth-order valence-electron chi connectivity index (χ4n) is 2.48. The molecule has 0 saturated carbocycles. The van der Waals surface area contributed by atoms with Gasteiger partial charge in [0.1, 0.15) is 5.75 Å². The second-order valence-electron chi connectivity index (χ2n) is 5.30. The van der Waals surface area contributed by atoms with Crippen LogP contribution in [0.15, 0.2) is 42.2 Å². The van der Waals surface area contributed by atoms with Crippen molar-refractivity contribution in [3.05, 3.63) is 58.8 Å². The molecule has 0 spiro atoms. The second kappa shape index (κ2) is 6.68. The molecule has 0 saturated heterocycles. The van der Waals surface area contributed by atoms with Crippen LogP contribution in [0.1, 0.15) is 33.2 Å². The third-order valence-corrected chi connectivity index (χ3v) is 3.67. The zero-order valence-electron chi connectivity index (χ0n) is 13.7. The molecule has 0 unspecified atom stereocenters. The second-order valence-corrected chi connectivity index (χ2v) is 5.30. The number of phenolic OH excluding ortho intramolecular Hbond substituents is 1. The van der Waals surface area contributed by atoms with Gasteiger partial charge in [0.05, 0.1) is 24.8 Å². The number of aromatic hydroxyl groups is 1. The van der Waals surface area contributed by atoms with Crippen molar-refractivity contribution in [2.45, 2.75) is 6.92 Å². The summed E-state index contributed by atoms with van der Waals surface area (Å²) in [6.45, 7) is 2.22. The maximum atomic E-state index is 12.5. The topological polar surface area (TPSA) is 82.1 Å². The van der Waals surface area contributed by atoms with E-state index in [4.69, 9.17) is 9.47 Å². The summed E-state index contributed by atoms with van der Waals surface area (Å²) >= 11 is 0. The molecular formula is C19H16O6. The van der Waals surface area contributed by atoms with Gasteiger partial charge in [0, 0.05) is 0 Å². The van der Waals surface area contributed by atoms with Gasteiger partial charge >= 0.3 is 5.97 Å². The first-order chi connectivity index (χ1) is 12.0. The predicted molar refractivity (Wildman–Crippen MR) is 90.0 cm³/mol. The molecule has 0 radical (unpaired) electrons. The quantitative estimate of drug-likeness (QED) is 0.680. The lowest BCUT2D eigenvalue weighted by Crippen LogP contribution is -2.03. The molecule has 6 heteroatoms. The number of esters is 1. The number of allylic oxidation sites excluding steroid dienone is 1. The van der Waals surface area contributed by atoms with E-state index in [0.717, 1.165) is 0 Å². The lowest BCUT2D eigenvalue weighted by atomic mass is 10.1. The number of methoxy groups -OCH3 is 1. The summed E-state index contributed by atoms with van der Waals surface area (Å²) in [6, 6.07) is 9.29. The number of carbonyl (C=O) groups excluding carboxylic acids is 2. The van der Waals surface area contributed by atoms with Crippen molar-refractivity contribution < 1.29 is 28.9 Å². The van der Waals surface area contributed by atoms with Crippen LogP contribution in [0.3, 0.4) is 0 Å². The number of phenols is 1. The highest BCUT2D eigenvalue weighted by atomic mass is 16.5. The van der Waals surface area contributed by atoms with Crippen molar-refractivity contribution >= 4 is 17.8 Å². The SMILES string of the molecule is CCOc1cc(C=C2Oc3ccc(C(=O)OC)cc3C2=O)ccc1O. The van der Waals surface area contributed by atoms with Gasteiger partial charge in [-0.25, -0.2) is 4.79 Å². The molecule has 0 fully saturated rings. The molecule has 25 heavy (non-hydrogen) atoms. The molecule has 0 atom stereocenters. The van der Waals surface area contributed by atoms with E-state index in [9.17, 15) is 14.7 Å². The van der Waals surface area contributed by atoms with Crippen LogP contribution >= 0.6 is 0 Å². The lowest BCUT2D eigenvalue weighted by molar-refractivity contribution is 0.0600. The Morgan fingerprint density at radius 1 is 1.24 bits per heavy atom. The standard InChI is InChI=1S/C19H16O6/c1-3-24-16-8-11(4-6-14(16)20)9-17-18(21)13-10-12(19(22)23-2)5-7-15(13)25-17/h4-10,20H,3H2,1-2H3. The Hall–Kier alpha value is -3.28. The Labute approximate surface area is 144 Å². The summed E-state index contributed by atoms with van der Waals surface area (Å²) in [4.78, 5) is 24.1. The Morgan fingerprint density at radius 3 is 2.76 bits per heavy atom. The highest BCUT2D eigenvalue weighted by Gasteiger charge is 2.28. The number of ketones is 1. The van der Waals surface area contributed by atoms with E-state index in [1.807, 2.05) is 6.92 Å². The first-order valence-electron chi connectivity index (χ1n) is 7.66. The fourth-order valence-corrected chi connectivity index (χ4v) is 2.48. The lowest BCUT2D eigenvalue weighted by Gasteiger charge is -2.06. The Morgan fingerprint density at radius 2 is 2.04 bits per heavy atom. The monoisotopic (exact) mass is 340 g/mol. The van der Waals surface area contributed by atoms with Gasteiger partial charge in [0.15, 0.2) is 17.3 Å². The molecule has 6 nitrogen and oxygen atoms in total. The van der Waals surface area contributed by atoms with Crippen LogP contribution in [0, 0.1) is 0 Å². The number of fused-ring (bicyclic) bond motifs is 1. The number of Topliss-reactive ketones (excluding diaryl/α,β-unsaturated/α-hetero) is 1. The summed E-state index contributed by atoms with van der Waals surface area (Å²) in [6.07, 6.45) is 1.56. The summed E-state index contributed by atoms with van der Waals surface area (Å²) in [5, 5.41) is 9.74. The van der Waals surface area contributed by atoms with Crippen LogP contribution in [0.25, 0.3) is 6.08 Å². The molecule has 2 aromatic carbocycles. The van der Waals surface area contributed by atoms with Gasteiger partial charge in [0.2, 0.25) is 5.78 Å². The maximum absolute atomic E-state index is 12.5. The molecular weight excluding hydrogens is 324 g/mol. The number of hydrogen-bond donors (Lipinski definition) is 1. The van der Waals surface area contributed by atoms with Gasteiger partial charge in [-0.3, -0.25) is 4.79 Å². The van der Waals surface area contributed by atoms with Crippen molar-refractivity contribution in [3.8, 4) is 17.2 Å². The molecule has 1 aliphatic rings. The van der Waals surface area contributed by atoms with Gasteiger partial charge in [-0.15, -0.1) is 0 Å². The molecule has 128 valence electrons. The maximum Gasteiger partial charge on any atom is 0.337 e. The minimum absolute atomic E-state index is 0.0219. The summed E-state index contributed by atoms with van der Waals surface area (Å²) in [5.74, 6) is 0.0130. The zero-order chi connectivity index (χ0) is 18.0. The van der Waals surface area contributed by atoms with Gasteiger partial charge in [-0.05, 0) is 48.9 Å². The van der Waals surface area contributed by atoms with Crippen LogP contribution in [0.2, 0.25) is 0 Å². The largest absolute Gasteiger partial charge is 0.504 e. The molecule has 0 bridgehead atoms. The smallest absolute Gasteiger partial charge is 0.337 e. The van der Waals surface area contributed by atoms with Crippen molar-refractivity contribution in [1.82, 2.24) is 0 Å². The zero-order valence-corrected chi connectivity index (χ0v) is 13.7. The molecule has 1 heterocycles. The van der Waals surface area contributed by atoms with Crippen molar-refractivity contribution in [2.24, 2.45) is 0 Å². The fraction of sp³-hybridized carbons (Fsp3) is 0.158. The van der Waals surface area contributed by atoms with Crippen LogP contribution in [0.4, 0.5) is 0 Å². The van der Waals surface area contributed by atoms with E-state index < -0.39 is 5.97 Å². The highest BCUT2D eigenvalue weighted by molar-refractivity contribution is 6.15. The van der Waals surface area contributed by atoms with Crippen molar-refractivity contribution in [3.63, 3.8) is 0 Å². The number of rotatable bonds is 4. The van der Waals surface area contributed by atoms with Gasteiger partial charge in [-0.2, -0.15) is 0 Å². The Balaban J connectivity index is 1.92. The third-order valence-electron chi connectivity index (χ3n) is 3.67. The molecule has 1 N–H and O–H groups in total. The van der Waals surface area contributed by atoms with E-state index in [-0.39, 0.29) is 22.9 Å². The highest BCUT2D eigenvalue weighted by Crippen LogP contribution is 2.34. The number of carbonyl (C=O) groups is 2. The summed E-state index contributed by atoms with van der Waals surface area (Å²) < 4.78 is 15.6.